The summed E-state index contributed by atoms with van der Waals surface area (Å²) in [6, 6.07) is 5.04. The van der Waals surface area contributed by atoms with E-state index in [4.69, 9.17) is 5.11 Å². The van der Waals surface area contributed by atoms with Gasteiger partial charge in [-0.25, -0.2) is 4.79 Å². The number of carboxylic acid groups (broad SMARTS) is 1. The zero-order chi connectivity index (χ0) is 19.2. The number of halogens is 3. The molecular formula is C18H21F3N2O3. The van der Waals surface area contributed by atoms with Crippen molar-refractivity contribution in [2.45, 2.75) is 32.5 Å². The molecule has 2 amide bonds. The first kappa shape index (κ1) is 18.5. The van der Waals surface area contributed by atoms with E-state index >= 15 is 0 Å². The molecule has 26 heavy (non-hydrogen) atoms. The van der Waals surface area contributed by atoms with Crippen LogP contribution in [0.1, 0.15) is 29.7 Å². The number of nitrogens with zero attached hydrogens (tertiary/aromatic N) is 1. The van der Waals surface area contributed by atoms with E-state index < -0.39 is 43.1 Å². The summed E-state index contributed by atoms with van der Waals surface area (Å²) in [5.74, 6) is -5.08. The lowest BCUT2D eigenvalue weighted by Crippen LogP contribution is -2.42. The van der Waals surface area contributed by atoms with Gasteiger partial charge in [0.2, 0.25) is 0 Å². The molecule has 1 aliphatic heterocycles. The normalized spacial score (nSPS) is 28.1. The molecular weight excluding hydrogens is 349 g/mol. The minimum atomic E-state index is -4.65. The summed E-state index contributed by atoms with van der Waals surface area (Å²) < 4.78 is 39.3. The van der Waals surface area contributed by atoms with Gasteiger partial charge >= 0.3 is 18.2 Å². The second-order valence-electron chi connectivity index (χ2n) is 7.31. The summed E-state index contributed by atoms with van der Waals surface area (Å²) in [5.41, 5.74) is 3.14. The number of carbonyl (C=O) groups excluding carboxylic acids is 1. The van der Waals surface area contributed by atoms with E-state index in [1.807, 2.05) is 32.0 Å². The third kappa shape index (κ3) is 3.37. The van der Waals surface area contributed by atoms with Gasteiger partial charge in [0.05, 0.1) is 17.9 Å². The van der Waals surface area contributed by atoms with Crippen LogP contribution in [-0.4, -0.2) is 41.3 Å². The number of aliphatic carboxylic acids is 1. The predicted molar refractivity (Wildman–Crippen MR) is 87.6 cm³/mol. The number of rotatable bonds is 2. The van der Waals surface area contributed by atoms with Crippen molar-refractivity contribution in [2.24, 2.45) is 17.8 Å². The average molecular weight is 370 g/mol. The summed E-state index contributed by atoms with van der Waals surface area (Å²) in [6.07, 6.45) is -3.87. The lowest BCUT2D eigenvalue weighted by molar-refractivity contribution is -0.187. The first-order valence-corrected chi connectivity index (χ1v) is 8.52. The van der Waals surface area contributed by atoms with Gasteiger partial charge in [-0.15, -0.1) is 0 Å². The third-order valence-electron chi connectivity index (χ3n) is 5.37. The van der Waals surface area contributed by atoms with Crippen LogP contribution in [0, 0.1) is 24.7 Å². The fourth-order valence-electron chi connectivity index (χ4n) is 3.96. The molecule has 1 aromatic rings. The number of hydrogen-bond acceptors (Lipinski definition) is 2. The highest BCUT2D eigenvalue weighted by Crippen LogP contribution is 2.39. The van der Waals surface area contributed by atoms with E-state index in [0.29, 0.717) is 0 Å². The molecule has 0 spiro atoms. The first-order chi connectivity index (χ1) is 12.1. The Morgan fingerprint density at radius 1 is 1.27 bits per heavy atom. The van der Waals surface area contributed by atoms with Crippen molar-refractivity contribution in [1.29, 1.82) is 0 Å². The van der Waals surface area contributed by atoms with E-state index in [0.717, 1.165) is 28.0 Å². The van der Waals surface area contributed by atoms with E-state index in [1.54, 1.807) is 0 Å². The second kappa shape index (κ2) is 6.48. The molecule has 1 aliphatic carbocycles. The standard InChI is InChI=1S/C18H21F3N2O3/c1-9-3-4-11-6-10(2)15(12(11)5-9)22-17(26)23-7-13(16(24)25)14(8-23)18(19,20)21/h3-5,10,13-15H,6-8H2,1-2H3,(H,22,26)(H,24,25)/t10?,13-,14-,15?/m1/s1. The molecule has 1 heterocycles. The Bertz CT molecular complexity index is 735. The fourth-order valence-corrected chi connectivity index (χ4v) is 3.96. The number of aryl methyl sites for hydroxylation is 1. The Morgan fingerprint density at radius 3 is 2.54 bits per heavy atom. The molecule has 8 heteroatoms. The quantitative estimate of drug-likeness (QED) is 0.840. The molecule has 1 fully saturated rings. The number of hydrogen-bond donors (Lipinski definition) is 2. The molecule has 2 N–H and O–H groups in total. The Labute approximate surface area is 149 Å². The van der Waals surface area contributed by atoms with Gasteiger partial charge in [-0.05, 0) is 30.4 Å². The molecule has 1 aromatic carbocycles. The fraction of sp³-hybridized carbons (Fsp3) is 0.556. The minimum Gasteiger partial charge on any atom is -0.481 e. The maximum Gasteiger partial charge on any atom is 0.394 e. The van der Waals surface area contributed by atoms with Crippen molar-refractivity contribution in [1.82, 2.24) is 10.2 Å². The first-order valence-electron chi connectivity index (χ1n) is 8.52. The maximum atomic E-state index is 13.1. The lowest BCUT2D eigenvalue weighted by atomic mass is 9.96. The Morgan fingerprint density at radius 2 is 1.96 bits per heavy atom. The highest BCUT2D eigenvalue weighted by molar-refractivity contribution is 5.78. The van der Waals surface area contributed by atoms with E-state index in [-0.39, 0.29) is 12.0 Å². The van der Waals surface area contributed by atoms with E-state index in [2.05, 4.69) is 5.32 Å². The van der Waals surface area contributed by atoms with Gasteiger partial charge in [0.15, 0.2) is 0 Å². The van der Waals surface area contributed by atoms with Crippen LogP contribution >= 0.6 is 0 Å². The third-order valence-corrected chi connectivity index (χ3v) is 5.37. The van der Waals surface area contributed by atoms with Crippen molar-refractivity contribution in [3.8, 4) is 0 Å². The molecule has 142 valence electrons. The Balaban J connectivity index is 1.75. The largest absolute Gasteiger partial charge is 0.481 e. The smallest absolute Gasteiger partial charge is 0.394 e. The molecule has 2 aliphatic rings. The predicted octanol–water partition coefficient (Wildman–Crippen LogP) is 3.13. The Kier molecular flexibility index (Phi) is 4.62. The molecule has 4 atom stereocenters. The van der Waals surface area contributed by atoms with Crippen LogP contribution in [0.3, 0.4) is 0 Å². The van der Waals surface area contributed by atoms with Crippen molar-refractivity contribution >= 4 is 12.0 Å². The summed E-state index contributed by atoms with van der Waals surface area (Å²) in [6.45, 7) is 2.85. The second-order valence-corrected chi connectivity index (χ2v) is 7.31. The SMILES string of the molecule is Cc1ccc2c(c1)C(NC(=O)N1C[C@@H](C(F)(F)F)[C@H](C(=O)O)C1)C(C)C2. The van der Waals surface area contributed by atoms with Crippen LogP contribution in [0.25, 0.3) is 0 Å². The van der Waals surface area contributed by atoms with Gasteiger partial charge in [-0.2, -0.15) is 13.2 Å². The van der Waals surface area contributed by atoms with Crippen molar-refractivity contribution in [3.63, 3.8) is 0 Å². The van der Waals surface area contributed by atoms with Crippen LogP contribution in [0.5, 0.6) is 0 Å². The molecule has 1 saturated heterocycles. The number of benzene rings is 1. The van der Waals surface area contributed by atoms with Crippen molar-refractivity contribution < 1.29 is 27.9 Å². The lowest BCUT2D eigenvalue weighted by Gasteiger charge is -2.24. The van der Waals surface area contributed by atoms with Crippen LogP contribution in [0.2, 0.25) is 0 Å². The topological polar surface area (TPSA) is 69.6 Å². The van der Waals surface area contributed by atoms with E-state index in [9.17, 15) is 22.8 Å². The zero-order valence-electron chi connectivity index (χ0n) is 14.5. The van der Waals surface area contributed by atoms with Gasteiger partial charge in [-0.1, -0.05) is 30.7 Å². The monoisotopic (exact) mass is 370 g/mol. The number of likely N-dealkylation sites (tertiary alicyclic amines) is 1. The molecule has 0 radical (unpaired) electrons. The zero-order valence-corrected chi connectivity index (χ0v) is 14.5. The van der Waals surface area contributed by atoms with Gasteiger partial charge in [0.25, 0.3) is 0 Å². The number of nitrogens with one attached hydrogen (secondary N) is 1. The molecule has 0 aromatic heterocycles. The summed E-state index contributed by atoms with van der Waals surface area (Å²) in [7, 11) is 0. The molecule has 0 saturated carbocycles. The van der Waals surface area contributed by atoms with E-state index in [1.165, 1.54) is 0 Å². The maximum absolute atomic E-state index is 13.1. The summed E-state index contributed by atoms with van der Waals surface area (Å²) in [4.78, 5) is 24.7. The number of fused-ring (bicyclic) bond motifs is 1. The van der Waals surface area contributed by atoms with Gasteiger partial charge < -0.3 is 15.3 Å². The number of carboxylic acids is 1. The summed E-state index contributed by atoms with van der Waals surface area (Å²) >= 11 is 0. The van der Waals surface area contributed by atoms with Crippen molar-refractivity contribution in [3.05, 3.63) is 34.9 Å². The van der Waals surface area contributed by atoms with Crippen LogP contribution in [0.15, 0.2) is 18.2 Å². The number of alkyl halides is 3. The molecule has 5 nitrogen and oxygen atoms in total. The van der Waals surface area contributed by atoms with Gasteiger partial charge in [0.1, 0.15) is 0 Å². The van der Waals surface area contributed by atoms with Crippen LogP contribution < -0.4 is 5.32 Å². The number of amides is 2. The average Bonchev–Trinajstić information content (AvgIpc) is 3.10. The highest BCUT2D eigenvalue weighted by atomic mass is 19.4. The Hall–Kier alpha value is -2.25. The van der Waals surface area contributed by atoms with Gasteiger partial charge in [0, 0.05) is 13.1 Å². The van der Waals surface area contributed by atoms with Gasteiger partial charge in [-0.3, -0.25) is 4.79 Å². The molecule has 0 bridgehead atoms. The van der Waals surface area contributed by atoms with Crippen LogP contribution in [0.4, 0.5) is 18.0 Å². The number of urea groups is 1. The summed E-state index contributed by atoms with van der Waals surface area (Å²) in [5, 5.41) is 11.9. The highest BCUT2D eigenvalue weighted by Gasteiger charge is 2.53. The van der Waals surface area contributed by atoms with Crippen LogP contribution in [-0.2, 0) is 11.2 Å². The molecule has 2 unspecified atom stereocenters. The number of carbonyl (C=O) groups is 2. The van der Waals surface area contributed by atoms with Crippen molar-refractivity contribution in [2.75, 3.05) is 13.1 Å². The molecule has 3 rings (SSSR count). The minimum absolute atomic E-state index is 0.118.